The van der Waals surface area contributed by atoms with Gasteiger partial charge in [0.2, 0.25) is 0 Å². The minimum absolute atomic E-state index is 0.265. The highest BCUT2D eigenvalue weighted by atomic mass is 35.5. The Hall–Kier alpha value is -1.72. The number of halogens is 3. The molecule has 0 saturated heterocycles. The van der Waals surface area contributed by atoms with Crippen molar-refractivity contribution in [3.63, 3.8) is 0 Å². The van der Waals surface area contributed by atoms with Crippen molar-refractivity contribution in [1.82, 2.24) is 10.2 Å². The van der Waals surface area contributed by atoms with Gasteiger partial charge in [-0.05, 0) is 42.0 Å². The van der Waals surface area contributed by atoms with Crippen LogP contribution in [0.2, 0.25) is 5.02 Å². The molecule has 0 fully saturated rings. The van der Waals surface area contributed by atoms with Crippen LogP contribution < -0.4 is 5.32 Å². The molecule has 0 aromatic heterocycles. The maximum Gasteiger partial charge on any atom is 0.169 e. The van der Waals surface area contributed by atoms with E-state index in [4.69, 9.17) is 23.8 Å². The highest BCUT2D eigenvalue weighted by molar-refractivity contribution is 7.80. The molecular weight excluding hydrogens is 326 g/mol. The van der Waals surface area contributed by atoms with Gasteiger partial charge in [0.1, 0.15) is 11.6 Å². The summed E-state index contributed by atoms with van der Waals surface area (Å²) in [6, 6.07) is 10.7. The number of benzene rings is 2. The summed E-state index contributed by atoms with van der Waals surface area (Å²) in [4.78, 5) is 1.70. The molecule has 1 N–H and O–H groups in total. The van der Waals surface area contributed by atoms with E-state index in [-0.39, 0.29) is 18.2 Å². The second-order valence-electron chi connectivity index (χ2n) is 4.84. The van der Waals surface area contributed by atoms with E-state index in [1.54, 1.807) is 36.2 Å². The minimum Gasteiger partial charge on any atom is -0.358 e. The molecule has 0 unspecified atom stereocenters. The molecule has 0 spiro atoms. The zero-order valence-electron chi connectivity index (χ0n) is 11.9. The molecule has 22 heavy (non-hydrogen) atoms. The Morgan fingerprint density at radius 2 is 1.86 bits per heavy atom. The Labute approximate surface area is 138 Å². The van der Waals surface area contributed by atoms with Crippen LogP contribution in [-0.2, 0) is 13.1 Å². The van der Waals surface area contributed by atoms with Gasteiger partial charge in [-0.2, -0.15) is 0 Å². The zero-order valence-corrected chi connectivity index (χ0v) is 13.5. The van der Waals surface area contributed by atoms with Crippen molar-refractivity contribution >= 4 is 28.9 Å². The summed E-state index contributed by atoms with van der Waals surface area (Å²) in [5.74, 6) is -0.640. The van der Waals surface area contributed by atoms with E-state index in [2.05, 4.69) is 5.32 Å². The van der Waals surface area contributed by atoms with Crippen LogP contribution >= 0.6 is 23.8 Å². The SMILES string of the molecule is CN(Cc1c(F)cccc1Cl)C(=S)NCc1ccc(F)cc1. The van der Waals surface area contributed by atoms with E-state index in [1.807, 2.05) is 0 Å². The summed E-state index contributed by atoms with van der Waals surface area (Å²) >= 11 is 11.3. The standard InChI is InChI=1S/C16H15ClF2N2S/c1-21(10-13-14(17)3-2-4-15(13)19)16(22)20-9-11-5-7-12(18)8-6-11/h2-8H,9-10H2,1H3,(H,20,22). The van der Waals surface area contributed by atoms with E-state index in [0.717, 1.165) is 5.56 Å². The average Bonchev–Trinajstić information content (AvgIpc) is 2.50. The molecule has 2 rings (SSSR count). The van der Waals surface area contributed by atoms with Gasteiger partial charge in [0.15, 0.2) is 5.11 Å². The molecule has 0 heterocycles. The van der Waals surface area contributed by atoms with Crippen molar-refractivity contribution in [3.8, 4) is 0 Å². The van der Waals surface area contributed by atoms with Gasteiger partial charge < -0.3 is 10.2 Å². The van der Waals surface area contributed by atoms with E-state index in [9.17, 15) is 8.78 Å². The van der Waals surface area contributed by atoms with Crippen LogP contribution in [0.15, 0.2) is 42.5 Å². The molecule has 0 saturated carbocycles. The molecule has 0 amide bonds. The molecule has 0 bridgehead atoms. The predicted octanol–water partition coefficient (Wildman–Crippen LogP) is 4.12. The van der Waals surface area contributed by atoms with Gasteiger partial charge in [0.25, 0.3) is 0 Å². The molecule has 0 radical (unpaired) electrons. The Balaban J connectivity index is 1.93. The Bertz CT molecular complexity index is 641. The topological polar surface area (TPSA) is 15.3 Å². The summed E-state index contributed by atoms with van der Waals surface area (Å²) in [7, 11) is 1.75. The van der Waals surface area contributed by atoms with Gasteiger partial charge in [-0.1, -0.05) is 29.8 Å². The lowest BCUT2D eigenvalue weighted by Crippen LogP contribution is -2.36. The number of rotatable bonds is 4. The molecule has 0 aliphatic rings. The minimum atomic E-state index is -0.360. The fourth-order valence-electron chi connectivity index (χ4n) is 1.91. The predicted molar refractivity (Wildman–Crippen MR) is 88.7 cm³/mol. The number of nitrogens with zero attached hydrogens (tertiary/aromatic N) is 1. The lowest BCUT2D eigenvalue weighted by molar-refractivity contribution is 0.470. The van der Waals surface area contributed by atoms with E-state index in [1.165, 1.54) is 18.2 Å². The van der Waals surface area contributed by atoms with Gasteiger partial charge in [-0.3, -0.25) is 0 Å². The van der Waals surface area contributed by atoms with Crippen LogP contribution in [0.3, 0.4) is 0 Å². The van der Waals surface area contributed by atoms with Crippen molar-refractivity contribution < 1.29 is 8.78 Å². The Morgan fingerprint density at radius 3 is 2.50 bits per heavy atom. The fraction of sp³-hybridized carbons (Fsp3) is 0.188. The average molecular weight is 341 g/mol. The van der Waals surface area contributed by atoms with E-state index < -0.39 is 0 Å². The van der Waals surface area contributed by atoms with Crippen LogP contribution in [0.5, 0.6) is 0 Å². The first kappa shape index (κ1) is 16.6. The number of thiocarbonyl (C=S) groups is 1. The number of hydrogen-bond acceptors (Lipinski definition) is 1. The lowest BCUT2D eigenvalue weighted by Gasteiger charge is -2.22. The van der Waals surface area contributed by atoms with E-state index >= 15 is 0 Å². The highest BCUT2D eigenvalue weighted by Crippen LogP contribution is 2.20. The summed E-state index contributed by atoms with van der Waals surface area (Å²) in [6.45, 7) is 0.731. The quantitative estimate of drug-likeness (QED) is 0.843. The lowest BCUT2D eigenvalue weighted by atomic mass is 10.2. The Kier molecular flexibility index (Phi) is 5.69. The summed E-state index contributed by atoms with van der Waals surface area (Å²) in [5, 5.41) is 3.88. The molecular formula is C16H15ClF2N2S. The molecule has 2 aromatic rings. The maximum atomic E-state index is 13.8. The fourth-order valence-corrected chi connectivity index (χ4v) is 2.27. The molecule has 6 heteroatoms. The first-order chi connectivity index (χ1) is 10.5. The third kappa shape index (κ3) is 4.39. The number of nitrogens with one attached hydrogen (secondary N) is 1. The van der Waals surface area contributed by atoms with E-state index in [0.29, 0.717) is 22.2 Å². The molecule has 2 aromatic carbocycles. The van der Waals surface area contributed by atoms with Crippen LogP contribution in [0.4, 0.5) is 8.78 Å². The van der Waals surface area contributed by atoms with Crippen LogP contribution in [-0.4, -0.2) is 17.1 Å². The smallest absolute Gasteiger partial charge is 0.169 e. The second kappa shape index (κ2) is 7.51. The number of hydrogen-bond donors (Lipinski definition) is 1. The zero-order chi connectivity index (χ0) is 16.1. The normalized spacial score (nSPS) is 10.4. The monoisotopic (exact) mass is 340 g/mol. The Morgan fingerprint density at radius 1 is 1.18 bits per heavy atom. The van der Waals surface area contributed by atoms with Gasteiger partial charge in [0, 0.05) is 30.7 Å². The molecule has 0 aliphatic heterocycles. The highest BCUT2D eigenvalue weighted by Gasteiger charge is 2.11. The molecule has 116 valence electrons. The largest absolute Gasteiger partial charge is 0.358 e. The van der Waals surface area contributed by atoms with Crippen molar-refractivity contribution in [2.75, 3.05) is 7.05 Å². The summed E-state index contributed by atoms with van der Waals surface area (Å²) in [5.41, 5.74) is 1.30. The molecule has 2 nitrogen and oxygen atoms in total. The van der Waals surface area contributed by atoms with Gasteiger partial charge in [-0.25, -0.2) is 8.78 Å². The van der Waals surface area contributed by atoms with Crippen molar-refractivity contribution in [2.24, 2.45) is 0 Å². The summed E-state index contributed by atoms with van der Waals surface area (Å²) in [6.07, 6.45) is 0. The molecule has 0 atom stereocenters. The van der Waals surface area contributed by atoms with Crippen molar-refractivity contribution in [3.05, 3.63) is 70.2 Å². The maximum absolute atomic E-state index is 13.8. The van der Waals surface area contributed by atoms with Crippen molar-refractivity contribution in [2.45, 2.75) is 13.1 Å². The van der Waals surface area contributed by atoms with Crippen LogP contribution in [0.25, 0.3) is 0 Å². The van der Waals surface area contributed by atoms with Gasteiger partial charge >= 0.3 is 0 Å². The van der Waals surface area contributed by atoms with Crippen LogP contribution in [0.1, 0.15) is 11.1 Å². The van der Waals surface area contributed by atoms with Crippen molar-refractivity contribution in [1.29, 1.82) is 0 Å². The second-order valence-corrected chi connectivity index (χ2v) is 5.64. The van der Waals surface area contributed by atoms with Gasteiger partial charge in [-0.15, -0.1) is 0 Å². The van der Waals surface area contributed by atoms with Gasteiger partial charge in [0.05, 0.1) is 0 Å². The third-order valence-corrected chi connectivity index (χ3v) is 3.97. The molecule has 0 aliphatic carbocycles. The first-order valence-corrected chi connectivity index (χ1v) is 7.42. The summed E-state index contributed by atoms with van der Waals surface area (Å²) < 4.78 is 26.6. The van der Waals surface area contributed by atoms with Crippen LogP contribution in [0, 0.1) is 11.6 Å². The third-order valence-electron chi connectivity index (χ3n) is 3.16. The first-order valence-electron chi connectivity index (χ1n) is 6.63.